The fourth-order valence-electron chi connectivity index (χ4n) is 2.01. The summed E-state index contributed by atoms with van der Waals surface area (Å²) in [5, 5.41) is 2.42. The Hall–Kier alpha value is -1.93. The Kier molecular flexibility index (Phi) is 4.26. The number of benzene rings is 1. The maximum atomic E-state index is 4.50. The maximum Gasteiger partial charge on any atom is 0.0550 e. The molecule has 0 aliphatic carbocycles. The Balaban J connectivity index is 2.19. The van der Waals surface area contributed by atoms with E-state index in [1.54, 1.807) is 0 Å². The van der Waals surface area contributed by atoms with Crippen molar-refractivity contribution in [3.05, 3.63) is 67.5 Å². The SMILES string of the molecule is C=CCN(CC=C)Cc1cc2ccccc2cn1. The van der Waals surface area contributed by atoms with E-state index in [1.807, 2.05) is 24.4 Å². The highest BCUT2D eigenvalue weighted by atomic mass is 15.1. The van der Waals surface area contributed by atoms with Gasteiger partial charge in [0.15, 0.2) is 0 Å². The molecule has 0 spiro atoms. The van der Waals surface area contributed by atoms with E-state index >= 15 is 0 Å². The molecule has 2 nitrogen and oxygen atoms in total. The number of rotatable bonds is 6. The van der Waals surface area contributed by atoms with Crippen LogP contribution in [0.1, 0.15) is 5.69 Å². The van der Waals surface area contributed by atoms with E-state index in [2.05, 4.69) is 47.3 Å². The molecule has 0 saturated heterocycles. The molecule has 0 fully saturated rings. The lowest BCUT2D eigenvalue weighted by molar-refractivity contribution is 0.324. The molecule has 1 aromatic carbocycles. The van der Waals surface area contributed by atoms with E-state index < -0.39 is 0 Å². The van der Waals surface area contributed by atoms with Crippen molar-refractivity contribution < 1.29 is 0 Å². The van der Waals surface area contributed by atoms with Crippen LogP contribution in [0.5, 0.6) is 0 Å². The monoisotopic (exact) mass is 238 g/mol. The lowest BCUT2D eigenvalue weighted by Crippen LogP contribution is -2.23. The van der Waals surface area contributed by atoms with Crippen LogP contribution in [-0.4, -0.2) is 23.0 Å². The van der Waals surface area contributed by atoms with Crippen molar-refractivity contribution in [2.45, 2.75) is 6.54 Å². The second-order valence-corrected chi connectivity index (χ2v) is 4.29. The number of nitrogens with zero attached hydrogens (tertiary/aromatic N) is 2. The van der Waals surface area contributed by atoms with Crippen molar-refractivity contribution in [3.63, 3.8) is 0 Å². The summed E-state index contributed by atoms with van der Waals surface area (Å²) in [4.78, 5) is 6.75. The van der Waals surface area contributed by atoms with E-state index in [0.717, 1.165) is 25.3 Å². The Morgan fingerprint density at radius 3 is 2.39 bits per heavy atom. The largest absolute Gasteiger partial charge is 0.290 e. The predicted molar refractivity (Wildman–Crippen MR) is 77.4 cm³/mol. The molecule has 0 bridgehead atoms. The molecule has 1 heterocycles. The third-order valence-corrected chi connectivity index (χ3v) is 2.85. The van der Waals surface area contributed by atoms with Gasteiger partial charge in [-0.15, -0.1) is 13.2 Å². The zero-order chi connectivity index (χ0) is 12.8. The summed E-state index contributed by atoms with van der Waals surface area (Å²) in [6.07, 6.45) is 5.75. The second-order valence-electron chi connectivity index (χ2n) is 4.29. The van der Waals surface area contributed by atoms with E-state index in [0.29, 0.717) is 0 Å². The molecule has 0 radical (unpaired) electrons. The summed E-state index contributed by atoms with van der Waals surface area (Å²) in [6, 6.07) is 10.4. The van der Waals surface area contributed by atoms with Gasteiger partial charge in [-0.1, -0.05) is 36.4 Å². The highest BCUT2D eigenvalue weighted by Gasteiger charge is 2.04. The Labute approximate surface area is 108 Å². The highest BCUT2D eigenvalue weighted by molar-refractivity contribution is 5.81. The normalized spacial score (nSPS) is 10.7. The summed E-state index contributed by atoms with van der Waals surface area (Å²) in [6.45, 7) is 10.1. The summed E-state index contributed by atoms with van der Waals surface area (Å²) in [5.41, 5.74) is 1.08. The van der Waals surface area contributed by atoms with Crippen molar-refractivity contribution in [3.8, 4) is 0 Å². The smallest absolute Gasteiger partial charge is 0.0550 e. The third kappa shape index (κ3) is 3.05. The van der Waals surface area contributed by atoms with Gasteiger partial charge in [0.25, 0.3) is 0 Å². The Bertz CT molecular complexity index is 536. The van der Waals surface area contributed by atoms with Crippen LogP contribution < -0.4 is 0 Å². The van der Waals surface area contributed by atoms with Crippen molar-refractivity contribution in [1.29, 1.82) is 0 Å². The predicted octanol–water partition coefficient (Wildman–Crippen LogP) is 3.41. The molecule has 2 aromatic rings. The zero-order valence-electron chi connectivity index (χ0n) is 10.5. The topological polar surface area (TPSA) is 16.1 Å². The Morgan fingerprint density at radius 1 is 1.06 bits per heavy atom. The summed E-state index contributed by atoms with van der Waals surface area (Å²) < 4.78 is 0. The number of hydrogen-bond acceptors (Lipinski definition) is 2. The quantitative estimate of drug-likeness (QED) is 0.717. The minimum atomic E-state index is 0.822. The first-order valence-electron chi connectivity index (χ1n) is 6.11. The molecule has 0 amide bonds. The van der Waals surface area contributed by atoms with Crippen LogP contribution in [0, 0.1) is 0 Å². The van der Waals surface area contributed by atoms with Crippen LogP contribution in [0.15, 0.2) is 61.8 Å². The van der Waals surface area contributed by atoms with Crippen LogP contribution >= 0.6 is 0 Å². The minimum absolute atomic E-state index is 0.822. The molecule has 0 aliphatic heterocycles. The van der Waals surface area contributed by atoms with Crippen molar-refractivity contribution in [1.82, 2.24) is 9.88 Å². The fraction of sp³-hybridized carbons (Fsp3) is 0.188. The molecule has 18 heavy (non-hydrogen) atoms. The molecule has 2 rings (SSSR count). The first-order valence-corrected chi connectivity index (χ1v) is 6.11. The molecule has 0 saturated carbocycles. The molecule has 0 unspecified atom stereocenters. The van der Waals surface area contributed by atoms with Crippen LogP contribution in [-0.2, 0) is 6.54 Å². The second kappa shape index (κ2) is 6.12. The van der Waals surface area contributed by atoms with Gasteiger partial charge in [0.1, 0.15) is 0 Å². The first-order chi connectivity index (χ1) is 8.83. The van der Waals surface area contributed by atoms with Gasteiger partial charge >= 0.3 is 0 Å². The van der Waals surface area contributed by atoms with E-state index in [4.69, 9.17) is 0 Å². The van der Waals surface area contributed by atoms with Crippen molar-refractivity contribution in [2.75, 3.05) is 13.1 Å². The number of hydrogen-bond donors (Lipinski definition) is 0. The van der Waals surface area contributed by atoms with Crippen LogP contribution in [0.3, 0.4) is 0 Å². The average Bonchev–Trinajstić information content (AvgIpc) is 2.39. The maximum absolute atomic E-state index is 4.50. The number of aromatic nitrogens is 1. The van der Waals surface area contributed by atoms with Gasteiger partial charge in [-0.05, 0) is 11.5 Å². The molecule has 0 N–H and O–H groups in total. The number of fused-ring (bicyclic) bond motifs is 1. The van der Waals surface area contributed by atoms with Gasteiger partial charge in [0, 0.05) is 31.2 Å². The van der Waals surface area contributed by atoms with Crippen molar-refractivity contribution in [2.24, 2.45) is 0 Å². The minimum Gasteiger partial charge on any atom is -0.290 e. The average molecular weight is 238 g/mol. The summed E-state index contributed by atoms with van der Waals surface area (Å²) in [5.74, 6) is 0. The van der Waals surface area contributed by atoms with Gasteiger partial charge < -0.3 is 0 Å². The van der Waals surface area contributed by atoms with Crippen molar-refractivity contribution >= 4 is 10.8 Å². The lowest BCUT2D eigenvalue weighted by Gasteiger charge is -2.18. The van der Waals surface area contributed by atoms with Gasteiger partial charge in [-0.25, -0.2) is 0 Å². The molecular formula is C16H18N2. The zero-order valence-corrected chi connectivity index (χ0v) is 10.5. The molecule has 0 aliphatic rings. The van der Waals surface area contributed by atoms with Gasteiger partial charge in [0.2, 0.25) is 0 Å². The number of pyridine rings is 1. The molecule has 2 heteroatoms. The van der Waals surface area contributed by atoms with Crippen LogP contribution in [0.4, 0.5) is 0 Å². The standard InChI is InChI=1S/C16H18N2/c1-3-9-18(10-4-2)13-16-11-14-7-5-6-8-15(14)12-17-16/h3-8,11-12H,1-2,9-10,13H2. The Morgan fingerprint density at radius 2 is 1.72 bits per heavy atom. The fourth-order valence-corrected chi connectivity index (χ4v) is 2.01. The van der Waals surface area contributed by atoms with Gasteiger partial charge in [-0.3, -0.25) is 9.88 Å². The molecule has 0 atom stereocenters. The van der Waals surface area contributed by atoms with Crippen LogP contribution in [0.2, 0.25) is 0 Å². The van der Waals surface area contributed by atoms with Gasteiger partial charge in [0.05, 0.1) is 5.69 Å². The third-order valence-electron chi connectivity index (χ3n) is 2.85. The van der Waals surface area contributed by atoms with Crippen LogP contribution in [0.25, 0.3) is 10.8 Å². The molecule has 1 aromatic heterocycles. The molecular weight excluding hydrogens is 220 g/mol. The van der Waals surface area contributed by atoms with E-state index in [-0.39, 0.29) is 0 Å². The van der Waals surface area contributed by atoms with E-state index in [1.165, 1.54) is 10.8 Å². The van der Waals surface area contributed by atoms with E-state index in [9.17, 15) is 0 Å². The summed E-state index contributed by atoms with van der Waals surface area (Å²) >= 11 is 0. The molecule has 92 valence electrons. The first kappa shape index (κ1) is 12.5. The summed E-state index contributed by atoms with van der Waals surface area (Å²) in [7, 11) is 0. The highest BCUT2D eigenvalue weighted by Crippen LogP contribution is 2.14. The lowest BCUT2D eigenvalue weighted by atomic mass is 10.1. The van der Waals surface area contributed by atoms with Gasteiger partial charge in [-0.2, -0.15) is 0 Å².